The van der Waals surface area contributed by atoms with Crippen molar-refractivity contribution in [3.8, 4) is 0 Å². The highest BCUT2D eigenvalue weighted by Gasteiger charge is 2.11. The van der Waals surface area contributed by atoms with E-state index in [1.807, 2.05) is 11.3 Å². The summed E-state index contributed by atoms with van der Waals surface area (Å²) in [4.78, 5) is 0. The fraction of sp³-hybridized carbons (Fsp3) is 0.765. The van der Waals surface area contributed by atoms with Crippen molar-refractivity contribution >= 4 is 33.9 Å². The average Bonchev–Trinajstić information content (AvgIpc) is 2.87. The Morgan fingerprint density at radius 1 is 1.05 bits per heavy atom. The van der Waals surface area contributed by atoms with Crippen LogP contribution in [0, 0.1) is 2.88 Å². The summed E-state index contributed by atoms with van der Waals surface area (Å²) in [7, 11) is 0. The molecule has 1 N–H and O–H groups in total. The second-order valence-electron chi connectivity index (χ2n) is 5.56. The second kappa shape index (κ2) is 12.0. The first-order valence-corrected chi connectivity index (χ1v) is 10.2. The van der Waals surface area contributed by atoms with Crippen LogP contribution >= 0.6 is 33.9 Å². The van der Waals surface area contributed by atoms with Gasteiger partial charge < -0.3 is 5.32 Å². The molecule has 1 aromatic heterocycles. The molecule has 0 saturated carbocycles. The van der Waals surface area contributed by atoms with Crippen molar-refractivity contribution in [3.63, 3.8) is 0 Å². The Balaban J connectivity index is 2.14. The van der Waals surface area contributed by atoms with Crippen molar-refractivity contribution in [2.75, 3.05) is 6.54 Å². The standard InChI is InChI=1S/C17H30INS/c1-3-5-6-7-8-9-10-11-12-16(19-4-2)15-13-17(18)20-14-15/h13-14,16,19H,3-12H2,1-2H3. The second-order valence-corrected chi connectivity index (χ2v) is 8.36. The van der Waals surface area contributed by atoms with E-state index in [-0.39, 0.29) is 0 Å². The molecule has 0 spiro atoms. The molecule has 0 bridgehead atoms. The minimum absolute atomic E-state index is 0.569. The number of thiophene rings is 1. The molecule has 116 valence electrons. The van der Waals surface area contributed by atoms with Crippen LogP contribution in [0.3, 0.4) is 0 Å². The highest BCUT2D eigenvalue weighted by atomic mass is 127. The fourth-order valence-corrected chi connectivity index (χ4v) is 4.05. The highest BCUT2D eigenvalue weighted by Crippen LogP contribution is 2.26. The lowest BCUT2D eigenvalue weighted by Gasteiger charge is -2.16. The van der Waals surface area contributed by atoms with E-state index >= 15 is 0 Å². The lowest BCUT2D eigenvalue weighted by molar-refractivity contribution is 0.475. The molecule has 1 rings (SSSR count). The van der Waals surface area contributed by atoms with Gasteiger partial charge in [-0.2, -0.15) is 0 Å². The van der Waals surface area contributed by atoms with Gasteiger partial charge >= 0.3 is 0 Å². The number of unbranched alkanes of at least 4 members (excludes halogenated alkanes) is 7. The normalized spacial score (nSPS) is 12.8. The van der Waals surface area contributed by atoms with Gasteiger partial charge in [0.05, 0.1) is 2.88 Å². The Labute approximate surface area is 143 Å². The molecule has 1 heterocycles. The minimum Gasteiger partial charge on any atom is -0.310 e. The summed E-state index contributed by atoms with van der Waals surface area (Å²) >= 11 is 4.28. The summed E-state index contributed by atoms with van der Waals surface area (Å²) in [5.41, 5.74) is 1.49. The summed E-state index contributed by atoms with van der Waals surface area (Å²) in [6.07, 6.45) is 12.5. The van der Waals surface area contributed by atoms with Crippen LogP contribution in [0.25, 0.3) is 0 Å². The van der Waals surface area contributed by atoms with Crippen LogP contribution in [0.1, 0.15) is 83.2 Å². The van der Waals surface area contributed by atoms with Gasteiger partial charge in [0.1, 0.15) is 0 Å². The molecular formula is C17H30INS. The molecular weight excluding hydrogens is 377 g/mol. The molecule has 0 saturated heterocycles. The van der Waals surface area contributed by atoms with E-state index in [0.29, 0.717) is 6.04 Å². The Morgan fingerprint density at radius 3 is 2.25 bits per heavy atom. The maximum absolute atomic E-state index is 3.63. The first-order valence-electron chi connectivity index (χ1n) is 8.25. The van der Waals surface area contributed by atoms with Crippen molar-refractivity contribution in [1.29, 1.82) is 0 Å². The van der Waals surface area contributed by atoms with Gasteiger partial charge in [0.25, 0.3) is 0 Å². The molecule has 1 unspecified atom stereocenters. The van der Waals surface area contributed by atoms with Crippen LogP contribution in [0.5, 0.6) is 0 Å². The van der Waals surface area contributed by atoms with Crippen LogP contribution < -0.4 is 5.32 Å². The molecule has 0 aromatic carbocycles. The van der Waals surface area contributed by atoms with E-state index in [9.17, 15) is 0 Å². The van der Waals surface area contributed by atoms with Crippen LogP contribution in [-0.2, 0) is 0 Å². The summed E-state index contributed by atoms with van der Waals surface area (Å²) < 4.78 is 1.40. The molecule has 20 heavy (non-hydrogen) atoms. The topological polar surface area (TPSA) is 12.0 Å². The maximum atomic E-state index is 3.63. The van der Waals surface area contributed by atoms with Crippen LogP contribution in [0.2, 0.25) is 0 Å². The number of rotatable bonds is 12. The zero-order valence-electron chi connectivity index (χ0n) is 13.1. The molecule has 3 heteroatoms. The Hall–Kier alpha value is 0.390. The summed E-state index contributed by atoms with van der Waals surface area (Å²) in [5.74, 6) is 0. The first-order chi connectivity index (χ1) is 9.77. The molecule has 0 aliphatic rings. The molecule has 0 amide bonds. The third kappa shape index (κ3) is 7.99. The van der Waals surface area contributed by atoms with Gasteiger partial charge in [0.15, 0.2) is 0 Å². The van der Waals surface area contributed by atoms with Crippen molar-refractivity contribution in [3.05, 3.63) is 19.9 Å². The van der Waals surface area contributed by atoms with Gasteiger partial charge in [0.2, 0.25) is 0 Å². The van der Waals surface area contributed by atoms with Gasteiger partial charge in [-0.15, -0.1) is 11.3 Å². The van der Waals surface area contributed by atoms with Crippen molar-refractivity contribution in [1.82, 2.24) is 5.32 Å². The van der Waals surface area contributed by atoms with E-state index < -0.39 is 0 Å². The third-order valence-electron chi connectivity index (χ3n) is 3.79. The van der Waals surface area contributed by atoms with E-state index in [2.05, 4.69) is 53.2 Å². The van der Waals surface area contributed by atoms with Crippen molar-refractivity contribution in [2.24, 2.45) is 0 Å². The quantitative estimate of drug-likeness (QED) is 0.307. The first kappa shape index (κ1) is 18.4. The number of hydrogen-bond donors (Lipinski definition) is 1. The Morgan fingerprint density at radius 2 is 1.70 bits per heavy atom. The number of hydrogen-bond acceptors (Lipinski definition) is 2. The molecule has 0 radical (unpaired) electrons. The van der Waals surface area contributed by atoms with Crippen molar-refractivity contribution < 1.29 is 0 Å². The predicted octanol–water partition coefficient (Wildman–Crippen LogP) is 6.53. The Bertz CT molecular complexity index is 337. The third-order valence-corrected chi connectivity index (χ3v) is 5.59. The molecule has 1 aromatic rings. The Kier molecular flexibility index (Phi) is 11.1. The maximum Gasteiger partial charge on any atom is 0.0656 e. The zero-order chi connectivity index (χ0) is 14.6. The highest BCUT2D eigenvalue weighted by molar-refractivity contribution is 14.1. The zero-order valence-corrected chi connectivity index (χ0v) is 16.1. The smallest absolute Gasteiger partial charge is 0.0656 e. The van der Waals surface area contributed by atoms with Gasteiger partial charge in [-0.1, -0.05) is 65.2 Å². The van der Waals surface area contributed by atoms with E-state index in [0.717, 1.165) is 6.54 Å². The number of nitrogens with one attached hydrogen (secondary N) is 1. The monoisotopic (exact) mass is 407 g/mol. The molecule has 0 aliphatic heterocycles. The molecule has 0 fully saturated rings. The van der Waals surface area contributed by atoms with Crippen LogP contribution in [-0.4, -0.2) is 6.54 Å². The lowest BCUT2D eigenvalue weighted by Crippen LogP contribution is -2.20. The average molecular weight is 407 g/mol. The van der Waals surface area contributed by atoms with E-state index in [4.69, 9.17) is 0 Å². The van der Waals surface area contributed by atoms with Crippen LogP contribution in [0.4, 0.5) is 0 Å². The SMILES string of the molecule is CCCCCCCCCCC(NCC)c1csc(I)c1. The summed E-state index contributed by atoms with van der Waals surface area (Å²) in [5, 5.41) is 5.95. The van der Waals surface area contributed by atoms with Gasteiger partial charge in [-0.05, 0) is 52.6 Å². The summed E-state index contributed by atoms with van der Waals surface area (Å²) in [6.45, 7) is 5.55. The minimum atomic E-state index is 0.569. The largest absolute Gasteiger partial charge is 0.310 e. The summed E-state index contributed by atoms with van der Waals surface area (Å²) in [6, 6.07) is 2.91. The van der Waals surface area contributed by atoms with Gasteiger partial charge in [-0.25, -0.2) is 0 Å². The molecule has 1 atom stereocenters. The van der Waals surface area contributed by atoms with E-state index in [1.165, 1.54) is 66.2 Å². The van der Waals surface area contributed by atoms with Gasteiger partial charge in [-0.3, -0.25) is 0 Å². The molecule has 0 aliphatic carbocycles. The fourth-order valence-electron chi connectivity index (χ4n) is 2.62. The van der Waals surface area contributed by atoms with E-state index in [1.54, 1.807) is 0 Å². The van der Waals surface area contributed by atoms with Crippen LogP contribution in [0.15, 0.2) is 11.4 Å². The number of halogens is 1. The lowest BCUT2D eigenvalue weighted by atomic mass is 10.0. The predicted molar refractivity (Wildman–Crippen MR) is 101 cm³/mol. The molecule has 1 nitrogen and oxygen atoms in total. The van der Waals surface area contributed by atoms with Crippen molar-refractivity contribution in [2.45, 2.75) is 77.7 Å². The van der Waals surface area contributed by atoms with Gasteiger partial charge in [0, 0.05) is 6.04 Å².